The number of para-hydroxylation sites is 2. The maximum Gasteiger partial charge on any atom is 0.238 e. The molecule has 3 aromatic rings. The number of thiocarbonyl (C=S) groups is 1. The summed E-state index contributed by atoms with van der Waals surface area (Å²) in [4.78, 5) is 29.5. The van der Waals surface area contributed by atoms with Crippen molar-refractivity contribution in [3.8, 4) is 0 Å². The van der Waals surface area contributed by atoms with Gasteiger partial charge in [-0.25, -0.2) is 0 Å². The second kappa shape index (κ2) is 11.6. The normalized spacial score (nSPS) is 13.4. The second-order valence-corrected chi connectivity index (χ2v) is 8.84. The summed E-state index contributed by atoms with van der Waals surface area (Å²) in [6.45, 7) is 4.76. The van der Waals surface area contributed by atoms with Crippen LogP contribution in [-0.2, 0) is 9.59 Å². The predicted octanol–water partition coefficient (Wildman–Crippen LogP) is 4.39. The lowest BCUT2D eigenvalue weighted by Gasteiger charge is -2.37. The Morgan fingerprint density at radius 1 is 0.829 bits per heavy atom. The number of rotatable bonds is 6. The molecule has 2 N–H and O–H groups in total. The summed E-state index contributed by atoms with van der Waals surface area (Å²) in [5, 5.41) is 6.36. The molecule has 0 bridgehead atoms. The smallest absolute Gasteiger partial charge is 0.238 e. The highest BCUT2D eigenvalue weighted by Crippen LogP contribution is 2.28. The summed E-state index contributed by atoms with van der Waals surface area (Å²) in [6.07, 6.45) is 0.527. The van der Waals surface area contributed by atoms with E-state index in [2.05, 4.69) is 15.5 Å². The molecule has 4 rings (SSSR count). The predicted molar refractivity (Wildman–Crippen MR) is 145 cm³/mol. The fourth-order valence-electron chi connectivity index (χ4n) is 4.40. The van der Waals surface area contributed by atoms with Crippen molar-refractivity contribution in [3.05, 3.63) is 96.1 Å². The molecule has 1 aliphatic heterocycles. The molecule has 35 heavy (non-hydrogen) atoms. The Kier molecular flexibility index (Phi) is 8.11. The number of nitrogens with one attached hydrogen (secondary N) is 2. The van der Waals surface area contributed by atoms with E-state index in [4.69, 9.17) is 12.2 Å². The first-order valence-corrected chi connectivity index (χ1v) is 12.3. The van der Waals surface area contributed by atoms with Gasteiger partial charge in [0.25, 0.3) is 0 Å². The van der Waals surface area contributed by atoms with Crippen LogP contribution >= 0.6 is 12.2 Å². The molecule has 7 heteroatoms. The summed E-state index contributed by atoms with van der Waals surface area (Å²) >= 11 is 5.55. The number of hydrogen-bond acceptors (Lipinski definition) is 4. The Morgan fingerprint density at radius 2 is 1.37 bits per heavy atom. The minimum Gasteiger partial charge on any atom is -0.366 e. The molecule has 180 valence electrons. The van der Waals surface area contributed by atoms with E-state index in [-0.39, 0.29) is 16.9 Å². The van der Waals surface area contributed by atoms with Crippen LogP contribution < -0.4 is 15.5 Å². The van der Waals surface area contributed by atoms with Crippen molar-refractivity contribution < 1.29 is 9.59 Å². The fraction of sp³-hybridized carbons (Fsp3) is 0.250. The third kappa shape index (κ3) is 6.05. The van der Waals surface area contributed by atoms with E-state index in [0.29, 0.717) is 19.5 Å². The zero-order valence-electron chi connectivity index (χ0n) is 19.8. The van der Waals surface area contributed by atoms with E-state index in [1.54, 1.807) is 0 Å². The Balaban J connectivity index is 1.46. The summed E-state index contributed by atoms with van der Waals surface area (Å²) in [7, 11) is 0. The summed E-state index contributed by atoms with van der Waals surface area (Å²) in [6, 6.07) is 27.3. The average Bonchev–Trinajstić information content (AvgIpc) is 2.90. The largest absolute Gasteiger partial charge is 0.366 e. The van der Waals surface area contributed by atoms with Crippen LogP contribution in [0, 0.1) is 0 Å². The number of anilines is 2. The number of amides is 2. The van der Waals surface area contributed by atoms with E-state index >= 15 is 0 Å². The molecule has 1 fully saturated rings. The Labute approximate surface area is 211 Å². The Bertz CT molecular complexity index is 1120. The van der Waals surface area contributed by atoms with Crippen LogP contribution in [0.2, 0.25) is 0 Å². The topological polar surface area (TPSA) is 64.7 Å². The summed E-state index contributed by atoms with van der Waals surface area (Å²) in [5.74, 6) is -0.480. The number of hydrogen-bond donors (Lipinski definition) is 2. The molecular formula is C28H30N4O2S. The highest BCUT2D eigenvalue weighted by Gasteiger charge is 2.25. The lowest BCUT2D eigenvalue weighted by Crippen LogP contribution is -2.48. The highest BCUT2D eigenvalue weighted by molar-refractivity contribution is 7.80. The van der Waals surface area contributed by atoms with Crippen molar-refractivity contribution in [2.75, 3.05) is 36.4 Å². The maximum atomic E-state index is 13.4. The van der Waals surface area contributed by atoms with Crippen molar-refractivity contribution in [2.24, 2.45) is 0 Å². The van der Waals surface area contributed by atoms with Gasteiger partial charge in [0.05, 0.1) is 17.3 Å². The molecule has 1 heterocycles. The monoisotopic (exact) mass is 486 g/mol. The van der Waals surface area contributed by atoms with E-state index in [0.717, 1.165) is 35.6 Å². The first kappa shape index (κ1) is 24.4. The van der Waals surface area contributed by atoms with Gasteiger partial charge in [-0.2, -0.15) is 0 Å². The molecule has 3 aromatic carbocycles. The molecule has 0 radical (unpaired) electrons. The first-order valence-electron chi connectivity index (χ1n) is 11.9. The molecular weight excluding hydrogens is 456 g/mol. The van der Waals surface area contributed by atoms with Gasteiger partial charge < -0.3 is 20.4 Å². The lowest BCUT2D eigenvalue weighted by molar-refractivity contribution is -0.131. The zero-order valence-corrected chi connectivity index (χ0v) is 20.6. The van der Waals surface area contributed by atoms with Gasteiger partial charge in [-0.3, -0.25) is 9.59 Å². The fourth-order valence-corrected chi connectivity index (χ4v) is 4.61. The lowest BCUT2D eigenvalue weighted by atomic mass is 9.90. The van der Waals surface area contributed by atoms with Crippen molar-refractivity contribution >= 4 is 40.5 Å². The number of carbonyl (C=O) groups excluding carboxylic acids is 2. The van der Waals surface area contributed by atoms with Crippen LogP contribution in [0.1, 0.15) is 30.4 Å². The Morgan fingerprint density at radius 3 is 1.94 bits per heavy atom. The van der Waals surface area contributed by atoms with Crippen molar-refractivity contribution in [2.45, 2.75) is 19.3 Å². The maximum absolute atomic E-state index is 13.4. The number of benzene rings is 3. The van der Waals surface area contributed by atoms with E-state index < -0.39 is 5.92 Å². The van der Waals surface area contributed by atoms with Crippen molar-refractivity contribution in [1.82, 2.24) is 10.2 Å². The quantitative estimate of drug-likeness (QED) is 0.506. The standard InChI is InChI=1S/C28H30N4O2S/c1-2-25(33)32-19-17-31(18-20-32)24-16-10-9-15-23(24)29-28(35)30-27(34)26(21-11-5-3-6-12-21)22-13-7-4-8-14-22/h3-16,26H,2,17-20H2,1H3,(H2,29,30,34,35). The van der Waals surface area contributed by atoms with Gasteiger partial charge in [0.1, 0.15) is 0 Å². The highest BCUT2D eigenvalue weighted by atomic mass is 32.1. The Hall–Kier alpha value is -3.71. The third-order valence-corrected chi connectivity index (χ3v) is 6.40. The number of piperazine rings is 1. The molecule has 1 saturated heterocycles. The minimum absolute atomic E-state index is 0.186. The first-order chi connectivity index (χ1) is 17.1. The van der Waals surface area contributed by atoms with Gasteiger partial charge >= 0.3 is 0 Å². The SMILES string of the molecule is CCC(=O)N1CCN(c2ccccc2NC(=S)NC(=O)C(c2ccccc2)c2ccccc2)CC1. The van der Waals surface area contributed by atoms with Gasteiger partial charge in [0, 0.05) is 32.6 Å². The zero-order chi connectivity index (χ0) is 24.6. The summed E-state index contributed by atoms with van der Waals surface area (Å²) in [5.41, 5.74) is 3.62. The van der Waals surface area contributed by atoms with Gasteiger partial charge in [0.2, 0.25) is 11.8 Å². The van der Waals surface area contributed by atoms with Crippen molar-refractivity contribution in [3.63, 3.8) is 0 Å². The van der Waals surface area contributed by atoms with E-state index in [1.165, 1.54) is 0 Å². The second-order valence-electron chi connectivity index (χ2n) is 8.44. The molecule has 0 unspecified atom stereocenters. The molecule has 2 amide bonds. The van der Waals surface area contributed by atoms with E-state index in [1.807, 2.05) is 96.8 Å². The van der Waals surface area contributed by atoms with Crippen molar-refractivity contribution in [1.29, 1.82) is 0 Å². The minimum atomic E-state index is -0.475. The van der Waals surface area contributed by atoms with Crippen LogP contribution in [0.15, 0.2) is 84.9 Å². The summed E-state index contributed by atoms with van der Waals surface area (Å²) < 4.78 is 0. The molecule has 6 nitrogen and oxygen atoms in total. The van der Waals surface area contributed by atoms with E-state index in [9.17, 15) is 9.59 Å². The van der Waals surface area contributed by atoms with Gasteiger partial charge in [0.15, 0.2) is 5.11 Å². The molecule has 0 aromatic heterocycles. The average molecular weight is 487 g/mol. The molecule has 0 saturated carbocycles. The van der Waals surface area contributed by atoms with Crippen LogP contribution in [-0.4, -0.2) is 48.0 Å². The molecule has 0 atom stereocenters. The number of nitrogens with zero attached hydrogens (tertiary/aromatic N) is 2. The van der Waals surface area contributed by atoms with Crippen LogP contribution in [0.4, 0.5) is 11.4 Å². The van der Waals surface area contributed by atoms with Gasteiger partial charge in [-0.15, -0.1) is 0 Å². The van der Waals surface area contributed by atoms with Crippen LogP contribution in [0.3, 0.4) is 0 Å². The van der Waals surface area contributed by atoms with Crippen LogP contribution in [0.25, 0.3) is 0 Å². The number of carbonyl (C=O) groups is 2. The molecule has 0 spiro atoms. The van der Waals surface area contributed by atoms with Crippen LogP contribution in [0.5, 0.6) is 0 Å². The van der Waals surface area contributed by atoms with Gasteiger partial charge in [-0.05, 0) is 35.5 Å². The molecule has 1 aliphatic rings. The third-order valence-electron chi connectivity index (χ3n) is 6.19. The molecule has 0 aliphatic carbocycles. The van der Waals surface area contributed by atoms with Gasteiger partial charge in [-0.1, -0.05) is 79.7 Å².